The van der Waals surface area contributed by atoms with Crippen LogP contribution in [0.1, 0.15) is 21.6 Å². The number of methoxy groups -OCH3 is 1. The first-order chi connectivity index (χ1) is 12.9. The number of alkyl halides is 3. The standard InChI is InChI=1S/C16H15ClF3N3O4S/c1-10-7-12(17)4-3-11(10)8-28(25,26)23(9-16(18,19)20)14-13(15(24)27-2)21-5-6-22-14/h3-7H,8-9H2,1-2H3. The molecule has 1 aromatic carbocycles. The van der Waals surface area contributed by atoms with Crippen LogP contribution in [0.25, 0.3) is 0 Å². The number of sulfonamides is 1. The van der Waals surface area contributed by atoms with Crippen LogP contribution in [0.2, 0.25) is 5.02 Å². The third kappa shape index (κ3) is 5.32. The van der Waals surface area contributed by atoms with Crippen LogP contribution in [0.5, 0.6) is 0 Å². The summed E-state index contributed by atoms with van der Waals surface area (Å²) in [5, 5.41) is 0.354. The van der Waals surface area contributed by atoms with Gasteiger partial charge in [-0.1, -0.05) is 17.7 Å². The highest BCUT2D eigenvalue weighted by Crippen LogP contribution is 2.28. The molecule has 7 nitrogen and oxygen atoms in total. The number of nitrogens with zero attached hydrogens (tertiary/aromatic N) is 3. The van der Waals surface area contributed by atoms with Gasteiger partial charge in [0.15, 0.2) is 11.5 Å². The van der Waals surface area contributed by atoms with Crippen LogP contribution in [0.15, 0.2) is 30.6 Å². The molecule has 28 heavy (non-hydrogen) atoms. The first kappa shape index (κ1) is 21.9. The molecule has 0 saturated heterocycles. The van der Waals surface area contributed by atoms with Gasteiger partial charge in [-0.2, -0.15) is 13.2 Å². The summed E-state index contributed by atoms with van der Waals surface area (Å²) in [5.74, 6) is -2.64. The van der Waals surface area contributed by atoms with Crippen molar-refractivity contribution in [2.45, 2.75) is 18.9 Å². The Morgan fingerprint density at radius 3 is 2.46 bits per heavy atom. The Bertz CT molecular complexity index is 983. The lowest BCUT2D eigenvalue weighted by Crippen LogP contribution is -2.41. The number of benzene rings is 1. The molecule has 1 heterocycles. The molecule has 0 atom stereocenters. The highest BCUT2D eigenvalue weighted by Gasteiger charge is 2.39. The van der Waals surface area contributed by atoms with Gasteiger partial charge in [0.05, 0.1) is 12.9 Å². The largest absolute Gasteiger partial charge is 0.464 e. The van der Waals surface area contributed by atoms with Gasteiger partial charge in [-0.25, -0.2) is 27.5 Å². The summed E-state index contributed by atoms with van der Waals surface area (Å²) >= 11 is 5.83. The Balaban J connectivity index is 2.56. The van der Waals surface area contributed by atoms with Gasteiger partial charge in [0.25, 0.3) is 0 Å². The molecule has 152 valence electrons. The van der Waals surface area contributed by atoms with E-state index in [1.54, 1.807) is 6.92 Å². The van der Waals surface area contributed by atoms with Gasteiger partial charge in [-0.05, 0) is 30.2 Å². The van der Waals surface area contributed by atoms with Crippen molar-refractivity contribution >= 4 is 33.4 Å². The summed E-state index contributed by atoms with van der Waals surface area (Å²) in [6, 6.07) is 4.32. The van der Waals surface area contributed by atoms with E-state index in [1.165, 1.54) is 18.2 Å². The number of aryl methyl sites for hydroxylation is 1. The maximum absolute atomic E-state index is 13.1. The Morgan fingerprint density at radius 2 is 1.89 bits per heavy atom. The van der Waals surface area contributed by atoms with E-state index in [-0.39, 0.29) is 9.87 Å². The maximum Gasteiger partial charge on any atom is 0.407 e. The van der Waals surface area contributed by atoms with Crippen molar-refractivity contribution in [2.75, 3.05) is 18.0 Å². The molecule has 12 heteroatoms. The van der Waals surface area contributed by atoms with Crippen molar-refractivity contribution in [2.24, 2.45) is 0 Å². The Morgan fingerprint density at radius 1 is 1.25 bits per heavy atom. The molecule has 0 saturated carbocycles. The van der Waals surface area contributed by atoms with E-state index in [9.17, 15) is 26.4 Å². The summed E-state index contributed by atoms with van der Waals surface area (Å²) < 4.78 is 69.5. The molecule has 0 fully saturated rings. The van der Waals surface area contributed by atoms with Crippen molar-refractivity contribution in [3.63, 3.8) is 0 Å². The van der Waals surface area contributed by atoms with E-state index < -0.39 is 46.0 Å². The number of hydrogen-bond acceptors (Lipinski definition) is 6. The number of esters is 1. The normalized spacial score (nSPS) is 11.9. The summed E-state index contributed by atoms with van der Waals surface area (Å²) in [4.78, 5) is 19.1. The summed E-state index contributed by atoms with van der Waals surface area (Å²) in [5.41, 5.74) is 0.0844. The molecule has 0 amide bonds. The number of aromatic nitrogens is 2. The number of rotatable bonds is 6. The molecule has 2 rings (SSSR count). The second kappa shape index (κ2) is 8.31. The summed E-state index contributed by atoms with van der Waals surface area (Å²) in [6.45, 7) is -0.308. The zero-order valence-corrected chi connectivity index (χ0v) is 16.3. The maximum atomic E-state index is 13.1. The van der Waals surface area contributed by atoms with Crippen LogP contribution in [-0.4, -0.2) is 44.2 Å². The number of hydrogen-bond donors (Lipinski definition) is 0. The Labute approximate surface area is 164 Å². The molecular formula is C16H15ClF3N3O4S. The van der Waals surface area contributed by atoms with Crippen LogP contribution in [0.4, 0.5) is 19.0 Å². The lowest BCUT2D eigenvalue weighted by Gasteiger charge is -2.25. The molecule has 0 unspecified atom stereocenters. The third-order valence-corrected chi connectivity index (χ3v) is 5.48. The SMILES string of the molecule is COC(=O)c1nccnc1N(CC(F)(F)F)S(=O)(=O)Cc1ccc(Cl)cc1C. The fourth-order valence-electron chi connectivity index (χ4n) is 2.32. The number of carbonyl (C=O) groups is 1. The summed E-state index contributed by atoms with van der Waals surface area (Å²) in [7, 11) is -3.61. The van der Waals surface area contributed by atoms with Crippen molar-refractivity contribution in [3.8, 4) is 0 Å². The van der Waals surface area contributed by atoms with Gasteiger partial charge >= 0.3 is 12.1 Å². The predicted molar refractivity (Wildman–Crippen MR) is 95.6 cm³/mol. The van der Waals surface area contributed by atoms with Gasteiger partial charge in [0, 0.05) is 17.4 Å². The Kier molecular flexibility index (Phi) is 6.50. The molecule has 0 aliphatic rings. The average molecular weight is 438 g/mol. The van der Waals surface area contributed by atoms with Gasteiger partial charge in [-0.15, -0.1) is 0 Å². The van der Waals surface area contributed by atoms with Gasteiger partial charge in [0.1, 0.15) is 6.54 Å². The minimum Gasteiger partial charge on any atom is -0.464 e. The first-order valence-corrected chi connectivity index (χ1v) is 9.65. The zero-order valence-electron chi connectivity index (χ0n) is 14.7. The van der Waals surface area contributed by atoms with E-state index in [0.717, 1.165) is 19.5 Å². The molecule has 0 aliphatic carbocycles. The van der Waals surface area contributed by atoms with Gasteiger partial charge in [0.2, 0.25) is 10.0 Å². The van der Waals surface area contributed by atoms with E-state index in [1.807, 2.05) is 0 Å². The van der Waals surface area contributed by atoms with E-state index in [2.05, 4.69) is 14.7 Å². The molecule has 0 N–H and O–H groups in total. The van der Waals surface area contributed by atoms with E-state index in [0.29, 0.717) is 10.6 Å². The number of carbonyl (C=O) groups excluding carboxylic acids is 1. The molecule has 0 spiro atoms. The molecule has 2 aromatic rings. The van der Waals surface area contributed by atoms with Crippen LogP contribution in [0, 0.1) is 6.92 Å². The van der Waals surface area contributed by atoms with E-state index in [4.69, 9.17) is 11.6 Å². The average Bonchev–Trinajstić information content (AvgIpc) is 2.60. The number of ether oxygens (including phenoxy) is 1. The van der Waals surface area contributed by atoms with Crippen LogP contribution >= 0.6 is 11.6 Å². The predicted octanol–water partition coefficient (Wildman–Crippen LogP) is 3.12. The van der Waals surface area contributed by atoms with Crippen LogP contribution < -0.4 is 4.31 Å². The number of anilines is 1. The van der Waals surface area contributed by atoms with E-state index >= 15 is 0 Å². The molecule has 0 aliphatic heterocycles. The summed E-state index contributed by atoms with van der Waals surface area (Å²) in [6.07, 6.45) is -2.88. The van der Waals surface area contributed by atoms with Crippen molar-refractivity contribution in [1.82, 2.24) is 9.97 Å². The zero-order chi connectivity index (χ0) is 21.1. The second-order valence-electron chi connectivity index (χ2n) is 5.67. The highest BCUT2D eigenvalue weighted by molar-refractivity contribution is 7.92. The highest BCUT2D eigenvalue weighted by atomic mass is 35.5. The minimum absolute atomic E-state index is 0.0142. The monoisotopic (exact) mass is 437 g/mol. The molecular weight excluding hydrogens is 423 g/mol. The fourth-order valence-corrected chi connectivity index (χ4v) is 4.16. The third-order valence-electron chi connectivity index (χ3n) is 3.60. The molecule has 1 aromatic heterocycles. The fraction of sp³-hybridized carbons (Fsp3) is 0.312. The van der Waals surface area contributed by atoms with Crippen molar-refractivity contribution < 1.29 is 31.1 Å². The van der Waals surface area contributed by atoms with Gasteiger partial charge in [-0.3, -0.25) is 0 Å². The smallest absolute Gasteiger partial charge is 0.407 e. The van der Waals surface area contributed by atoms with Crippen molar-refractivity contribution in [3.05, 3.63) is 52.4 Å². The molecule has 0 bridgehead atoms. The quantitative estimate of drug-likeness (QED) is 0.645. The second-order valence-corrected chi connectivity index (χ2v) is 8.00. The minimum atomic E-state index is -4.90. The van der Waals surface area contributed by atoms with Crippen LogP contribution in [-0.2, 0) is 20.5 Å². The molecule has 0 radical (unpaired) electrons. The lowest BCUT2D eigenvalue weighted by atomic mass is 10.1. The van der Waals surface area contributed by atoms with Gasteiger partial charge < -0.3 is 4.74 Å². The topological polar surface area (TPSA) is 89.5 Å². The Hall–Kier alpha value is -2.40. The first-order valence-electron chi connectivity index (χ1n) is 7.66. The van der Waals surface area contributed by atoms with Crippen molar-refractivity contribution in [1.29, 1.82) is 0 Å². The van der Waals surface area contributed by atoms with Crippen LogP contribution in [0.3, 0.4) is 0 Å². The lowest BCUT2D eigenvalue weighted by molar-refractivity contribution is -0.117. The number of halogens is 4.